The number of benzene rings is 1. The standard InChI is InChI=1S/C28H36N4O3/c29-25-24(26(34)31-16-27(18-33)8-1-9-27)12-20(14-30-25)19-2-4-21(5-3-19)28-13-22(28)15-32(17-28)23-6-10-35-11-7-23/h2-5,12,14,22-23,33H,1,6-11,13,15-18H2,(H2,29,30)(H,31,34)/t22-,28+/m0/s1. The van der Waals surface area contributed by atoms with Crippen LogP contribution in [0.5, 0.6) is 0 Å². The Bertz CT molecular complexity index is 1090. The Morgan fingerprint density at radius 3 is 2.66 bits per heavy atom. The summed E-state index contributed by atoms with van der Waals surface area (Å²) < 4.78 is 5.56. The molecule has 2 atom stereocenters. The van der Waals surface area contributed by atoms with Crippen LogP contribution in [0.4, 0.5) is 5.82 Å². The maximum Gasteiger partial charge on any atom is 0.255 e. The number of fused-ring (bicyclic) bond motifs is 1. The summed E-state index contributed by atoms with van der Waals surface area (Å²) in [6, 6.07) is 11.3. The molecule has 0 spiro atoms. The molecule has 2 saturated heterocycles. The highest BCUT2D eigenvalue weighted by Crippen LogP contribution is 2.59. The number of ether oxygens (including phenoxy) is 1. The second-order valence-corrected chi connectivity index (χ2v) is 11.3. The number of likely N-dealkylation sites (tertiary alicyclic amines) is 1. The summed E-state index contributed by atoms with van der Waals surface area (Å²) in [5.41, 5.74) is 9.93. The van der Waals surface area contributed by atoms with Gasteiger partial charge in [-0.3, -0.25) is 9.69 Å². The van der Waals surface area contributed by atoms with Crippen molar-refractivity contribution in [3.63, 3.8) is 0 Å². The van der Waals surface area contributed by atoms with E-state index in [9.17, 15) is 9.90 Å². The Balaban J connectivity index is 1.15. The van der Waals surface area contributed by atoms with Crippen molar-refractivity contribution in [2.75, 3.05) is 45.2 Å². The van der Waals surface area contributed by atoms with E-state index in [0.29, 0.717) is 23.6 Å². The number of amides is 1. The predicted octanol–water partition coefficient (Wildman–Crippen LogP) is 2.98. The van der Waals surface area contributed by atoms with Gasteiger partial charge < -0.3 is 20.9 Å². The molecule has 6 rings (SSSR count). The van der Waals surface area contributed by atoms with Crippen molar-refractivity contribution in [3.8, 4) is 11.1 Å². The third-order valence-corrected chi connectivity index (χ3v) is 9.21. The molecule has 2 saturated carbocycles. The number of rotatable bonds is 7. The average Bonchev–Trinajstić information content (AvgIpc) is 3.45. The van der Waals surface area contributed by atoms with Crippen LogP contribution < -0.4 is 11.1 Å². The molecule has 4 aliphatic rings. The van der Waals surface area contributed by atoms with Crippen molar-refractivity contribution < 1.29 is 14.6 Å². The summed E-state index contributed by atoms with van der Waals surface area (Å²) in [5.74, 6) is 0.767. The van der Waals surface area contributed by atoms with Gasteiger partial charge in [-0.2, -0.15) is 0 Å². The first kappa shape index (κ1) is 23.0. The highest BCUT2D eigenvalue weighted by atomic mass is 16.5. The van der Waals surface area contributed by atoms with Gasteiger partial charge in [0.25, 0.3) is 5.91 Å². The fraction of sp³-hybridized carbons (Fsp3) is 0.571. The number of nitrogen functional groups attached to an aromatic ring is 1. The number of hydrogen-bond donors (Lipinski definition) is 3. The van der Waals surface area contributed by atoms with Crippen LogP contribution in [0.3, 0.4) is 0 Å². The van der Waals surface area contributed by atoms with Gasteiger partial charge >= 0.3 is 0 Å². The minimum absolute atomic E-state index is 0.0998. The number of pyridine rings is 1. The molecule has 2 aliphatic carbocycles. The van der Waals surface area contributed by atoms with E-state index in [1.54, 1.807) is 6.20 Å². The SMILES string of the molecule is Nc1ncc(-c2ccc([C@]34C[C@H]3CN(C3CCOCC3)C4)cc2)cc1C(=O)NCC1(CO)CCC1. The molecule has 2 aliphatic heterocycles. The Labute approximate surface area is 207 Å². The van der Waals surface area contributed by atoms with Crippen LogP contribution >= 0.6 is 0 Å². The third-order valence-electron chi connectivity index (χ3n) is 9.21. The number of aliphatic hydroxyl groups is 1. The van der Waals surface area contributed by atoms with Crippen LogP contribution in [0.25, 0.3) is 11.1 Å². The van der Waals surface area contributed by atoms with Crippen LogP contribution in [0, 0.1) is 11.3 Å². The molecule has 7 nitrogen and oxygen atoms in total. The fourth-order valence-corrected chi connectivity index (χ4v) is 6.54. The van der Waals surface area contributed by atoms with E-state index in [4.69, 9.17) is 10.5 Å². The first-order valence-electron chi connectivity index (χ1n) is 13.1. The molecular weight excluding hydrogens is 440 g/mol. The van der Waals surface area contributed by atoms with Gasteiger partial charge in [0.1, 0.15) is 5.82 Å². The number of piperidine rings is 1. The number of carbonyl (C=O) groups is 1. The summed E-state index contributed by atoms with van der Waals surface area (Å²) in [7, 11) is 0. The number of nitrogens with one attached hydrogen (secondary N) is 1. The number of aromatic nitrogens is 1. The zero-order valence-corrected chi connectivity index (χ0v) is 20.3. The normalized spacial score (nSPS) is 27.7. The number of nitrogens with zero attached hydrogens (tertiary/aromatic N) is 2. The van der Waals surface area contributed by atoms with Gasteiger partial charge in [-0.05, 0) is 55.2 Å². The largest absolute Gasteiger partial charge is 0.396 e. The highest BCUT2D eigenvalue weighted by Gasteiger charge is 2.61. The molecule has 4 fully saturated rings. The molecular formula is C28H36N4O3. The molecule has 35 heavy (non-hydrogen) atoms. The van der Waals surface area contributed by atoms with Crippen LogP contribution in [-0.4, -0.2) is 66.4 Å². The molecule has 2 aromatic rings. The Hall–Kier alpha value is -2.48. The van der Waals surface area contributed by atoms with Crippen molar-refractivity contribution in [2.24, 2.45) is 11.3 Å². The zero-order chi connectivity index (χ0) is 24.0. The first-order chi connectivity index (χ1) is 17.0. The maximum atomic E-state index is 12.9. The zero-order valence-electron chi connectivity index (χ0n) is 20.3. The quantitative estimate of drug-likeness (QED) is 0.568. The van der Waals surface area contributed by atoms with Crippen molar-refractivity contribution >= 4 is 11.7 Å². The van der Waals surface area contributed by atoms with Crippen LogP contribution in [0.1, 0.15) is 54.4 Å². The second kappa shape index (κ2) is 8.87. The minimum Gasteiger partial charge on any atom is -0.396 e. The molecule has 1 amide bonds. The fourth-order valence-electron chi connectivity index (χ4n) is 6.54. The molecule has 186 valence electrons. The lowest BCUT2D eigenvalue weighted by atomic mass is 9.69. The number of anilines is 1. The molecule has 0 bridgehead atoms. The van der Waals surface area contributed by atoms with E-state index in [1.165, 1.54) is 18.5 Å². The number of hydrogen-bond acceptors (Lipinski definition) is 6. The van der Waals surface area contributed by atoms with E-state index in [0.717, 1.165) is 68.9 Å². The molecule has 7 heteroatoms. The molecule has 1 aromatic heterocycles. The van der Waals surface area contributed by atoms with E-state index in [-0.39, 0.29) is 23.7 Å². The summed E-state index contributed by atoms with van der Waals surface area (Å²) >= 11 is 0. The highest BCUT2D eigenvalue weighted by molar-refractivity contribution is 5.99. The molecule has 3 heterocycles. The van der Waals surface area contributed by atoms with Gasteiger partial charge in [0.2, 0.25) is 0 Å². The van der Waals surface area contributed by atoms with Gasteiger partial charge in [-0.25, -0.2) is 4.98 Å². The molecule has 1 aromatic carbocycles. The first-order valence-corrected chi connectivity index (χ1v) is 13.1. The van der Waals surface area contributed by atoms with E-state index in [1.807, 2.05) is 6.07 Å². The van der Waals surface area contributed by atoms with Crippen LogP contribution in [-0.2, 0) is 10.2 Å². The predicted molar refractivity (Wildman–Crippen MR) is 135 cm³/mol. The Kier molecular flexibility index (Phi) is 5.82. The van der Waals surface area contributed by atoms with Crippen LogP contribution in [0.15, 0.2) is 36.5 Å². The van der Waals surface area contributed by atoms with Crippen molar-refractivity contribution in [3.05, 3.63) is 47.7 Å². The lowest BCUT2D eigenvalue weighted by molar-refractivity contribution is 0.0378. The molecule has 0 unspecified atom stereocenters. The van der Waals surface area contributed by atoms with Gasteiger partial charge in [-0.1, -0.05) is 30.7 Å². The van der Waals surface area contributed by atoms with Crippen LogP contribution in [0.2, 0.25) is 0 Å². The van der Waals surface area contributed by atoms with Gasteiger partial charge in [0.05, 0.1) is 12.2 Å². The Morgan fingerprint density at radius 2 is 1.97 bits per heavy atom. The summed E-state index contributed by atoms with van der Waals surface area (Å²) in [5, 5.41) is 12.6. The van der Waals surface area contributed by atoms with Crippen molar-refractivity contribution in [1.82, 2.24) is 15.2 Å². The average molecular weight is 477 g/mol. The summed E-state index contributed by atoms with van der Waals surface area (Å²) in [6.07, 6.45) is 8.32. The third kappa shape index (κ3) is 4.13. The van der Waals surface area contributed by atoms with E-state index in [2.05, 4.69) is 39.5 Å². The monoisotopic (exact) mass is 476 g/mol. The second-order valence-electron chi connectivity index (χ2n) is 11.3. The van der Waals surface area contributed by atoms with Gasteiger partial charge in [0, 0.05) is 61.5 Å². The minimum atomic E-state index is -0.230. The van der Waals surface area contributed by atoms with Crippen molar-refractivity contribution in [2.45, 2.75) is 50.0 Å². The van der Waals surface area contributed by atoms with E-state index < -0.39 is 0 Å². The smallest absolute Gasteiger partial charge is 0.255 e. The number of carbonyl (C=O) groups excluding carboxylic acids is 1. The van der Waals surface area contributed by atoms with Crippen molar-refractivity contribution in [1.29, 1.82) is 0 Å². The topological polar surface area (TPSA) is 101 Å². The van der Waals surface area contributed by atoms with Gasteiger partial charge in [0.15, 0.2) is 0 Å². The lowest BCUT2D eigenvalue weighted by Gasteiger charge is -2.40. The number of nitrogens with two attached hydrogens (primary N) is 1. The lowest BCUT2D eigenvalue weighted by Crippen LogP contribution is -2.44. The summed E-state index contributed by atoms with van der Waals surface area (Å²) in [4.78, 5) is 19.9. The summed E-state index contributed by atoms with van der Waals surface area (Å²) in [6.45, 7) is 4.73. The number of aliphatic hydroxyl groups excluding tert-OH is 1. The molecule has 4 N–H and O–H groups in total. The molecule has 0 radical (unpaired) electrons. The Morgan fingerprint density at radius 1 is 1.20 bits per heavy atom. The van der Waals surface area contributed by atoms with Gasteiger partial charge in [-0.15, -0.1) is 0 Å². The maximum absolute atomic E-state index is 12.9. The van der Waals surface area contributed by atoms with E-state index >= 15 is 0 Å².